The minimum absolute atomic E-state index is 0.0655. The van der Waals surface area contributed by atoms with Crippen LogP contribution in [0.25, 0.3) is 11.1 Å². The van der Waals surface area contributed by atoms with E-state index in [1.807, 2.05) is 36.4 Å². The molecule has 34 heavy (non-hydrogen) atoms. The van der Waals surface area contributed by atoms with Crippen LogP contribution in [0.1, 0.15) is 46.9 Å². The maximum atomic E-state index is 12.8. The number of carbonyl (C=O) groups is 3. The summed E-state index contributed by atoms with van der Waals surface area (Å²) in [5, 5.41) is 15.7. The van der Waals surface area contributed by atoms with E-state index in [4.69, 9.17) is 9.26 Å². The van der Waals surface area contributed by atoms with Gasteiger partial charge in [0, 0.05) is 13.0 Å². The van der Waals surface area contributed by atoms with Crippen LogP contribution in [-0.4, -0.2) is 52.3 Å². The standard InChI is InChI=1S/C25H25N3O6/c1-25(2,23(30)31)28(3)22(29)20-14-34-27-21(20)12-26-24(32)33-13-19-17-10-6-4-8-15(17)16-9-5-7-11-18(16)19/h4-11,14,19H,12-13H2,1-3H3,(H,26,32)(H,30,31). The molecule has 0 unspecified atom stereocenters. The van der Waals surface area contributed by atoms with Crippen LogP contribution in [0.4, 0.5) is 4.79 Å². The molecule has 176 valence electrons. The first kappa shape index (κ1) is 23.0. The minimum atomic E-state index is -1.44. The molecule has 0 aliphatic heterocycles. The van der Waals surface area contributed by atoms with Gasteiger partial charge in [0.1, 0.15) is 29.7 Å². The Hall–Kier alpha value is -4.14. The van der Waals surface area contributed by atoms with Gasteiger partial charge in [-0.15, -0.1) is 0 Å². The molecule has 0 saturated carbocycles. The zero-order chi connectivity index (χ0) is 24.5. The maximum absolute atomic E-state index is 12.8. The van der Waals surface area contributed by atoms with Crippen LogP contribution in [-0.2, 0) is 16.1 Å². The first-order chi connectivity index (χ1) is 16.2. The summed E-state index contributed by atoms with van der Waals surface area (Å²) in [6, 6.07) is 16.1. The summed E-state index contributed by atoms with van der Waals surface area (Å²) < 4.78 is 10.4. The third-order valence-corrected chi connectivity index (χ3v) is 6.29. The molecule has 0 radical (unpaired) electrons. The molecule has 2 amide bonds. The van der Waals surface area contributed by atoms with E-state index in [2.05, 4.69) is 22.6 Å². The molecule has 0 saturated heterocycles. The van der Waals surface area contributed by atoms with Crippen molar-refractivity contribution in [3.8, 4) is 11.1 Å². The van der Waals surface area contributed by atoms with Gasteiger partial charge in [-0.25, -0.2) is 9.59 Å². The molecule has 1 aliphatic rings. The van der Waals surface area contributed by atoms with Crippen molar-refractivity contribution in [1.29, 1.82) is 0 Å². The van der Waals surface area contributed by atoms with Crippen molar-refractivity contribution in [3.63, 3.8) is 0 Å². The Labute approximate surface area is 196 Å². The van der Waals surface area contributed by atoms with Crippen LogP contribution in [0, 0.1) is 0 Å². The number of aromatic nitrogens is 1. The topological polar surface area (TPSA) is 122 Å². The van der Waals surface area contributed by atoms with Gasteiger partial charge in [0.25, 0.3) is 5.91 Å². The first-order valence-corrected chi connectivity index (χ1v) is 10.8. The molecule has 2 aromatic carbocycles. The Morgan fingerprint density at radius 1 is 1.09 bits per heavy atom. The number of carboxylic acids is 1. The second kappa shape index (κ2) is 9.01. The van der Waals surface area contributed by atoms with Gasteiger partial charge >= 0.3 is 12.1 Å². The van der Waals surface area contributed by atoms with E-state index in [-0.39, 0.29) is 30.3 Å². The van der Waals surface area contributed by atoms with E-state index >= 15 is 0 Å². The lowest BCUT2D eigenvalue weighted by atomic mass is 9.98. The number of benzene rings is 2. The van der Waals surface area contributed by atoms with Crippen molar-refractivity contribution < 1.29 is 28.8 Å². The van der Waals surface area contributed by atoms with E-state index in [9.17, 15) is 19.5 Å². The molecule has 0 bridgehead atoms. The van der Waals surface area contributed by atoms with Gasteiger partial charge in [-0.2, -0.15) is 0 Å². The molecule has 0 atom stereocenters. The van der Waals surface area contributed by atoms with E-state index in [0.29, 0.717) is 0 Å². The van der Waals surface area contributed by atoms with Crippen LogP contribution in [0.3, 0.4) is 0 Å². The van der Waals surface area contributed by atoms with Gasteiger partial charge in [-0.3, -0.25) is 4.79 Å². The van der Waals surface area contributed by atoms with Crippen molar-refractivity contribution in [2.45, 2.75) is 31.8 Å². The summed E-state index contributed by atoms with van der Waals surface area (Å²) in [4.78, 5) is 37.7. The molecule has 0 spiro atoms. The Bertz CT molecular complexity index is 1200. The summed E-state index contributed by atoms with van der Waals surface area (Å²) in [6.45, 7) is 2.86. The summed E-state index contributed by atoms with van der Waals surface area (Å²) in [7, 11) is 1.38. The number of nitrogens with one attached hydrogen (secondary N) is 1. The molecule has 3 aromatic rings. The van der Waals surface area contributed by atoms with Gasteiger partial charge in [0.05, 0.1) is 6.54 Å². The van der Waals surface area contributed by atoms with Gasteiger partial charge in [0.15, 0.2) is 0 Å². The Morgan fingerprint density at radius 2 is 1.68 bits per heavy atom. The largest absolute Gasteiger partial charge is 0.480 e. The summed E-state index contributed by atoms with van der Waals surface area (Å²) in [5.41, 5.74) is 3.26. The first-order valence-electron chi connectivity index (χ1n) is 10.8. The molecule has 0 fully saturated rings. The van der Waals surface area contributed by atoms with Gasteiger partial charge in [-0.05, 0) is 36.1 Å². The average Bonchev–Trinajstić information content (AvgIpc) is 3.43. The molecule has 1 aromatic heterocycles. The van der Waals surface area contributed by atoms with E-state index in [1.54, 1.807) is 0 Å². The van der Waals surface area contributed by atoms with Gasteiger partial charge in [-0.1, -0.05) is 53.7 Å². The van der Waals surface area contributed by atoms with Crippen molar-refractivity contribution in [1.82, 2.24) is 15.4 Å². The number of carboxylic acid groups (broad SMARTS) is 1. The average molecular weight is 463 g/mol. The number of aliphatic carboxylic acids is 1. The lowest BCUT2D eigenvalue weighted by molar-refractivity contribution is -0.147. The van der Waals surface area contributed by atoms with Crippen LogP contribution in [0.15, 0.2) is 59.3 Å². The van der Waals surface area contributed by atoms with Crippen LogP contribution < -0.4 is 5.32 Å². The molecule has 1 heterocycles. The molecular formula is C25H25N3O6. The summed E-state index contributed by atoms with van der Waals surface area (Å²) >= 11 is 0. The predicted octanol–water partition coefficient (Wildman–Crippen LogP) is 3.65. The number of hydrogen-bond donors (Lipinski definition) is 2. The fourth-order valence-corrected chi connectivity index (χ4v) is 3.94. The molecule has 9 heteroatoms. The lowest BCUT2D eigenvalue weighted by Gasteiger charge is -2.31. The number of rotatable bonds is 7. The van der Waals surface area contributed by atoms with E-state index < -0.39 is 23.5 Å². The van der Waals surface area contributed by atoms with Crippen molar-refractivity contribution in [2.75, 3.05) is 13.7 Å². The molecule has 2 N–H and O–H groups in total. The van der Waals surface area contributed by atoms with Crippen molar-refractivity contribution in [2.24, 2.45) is 0 Å². The lowest BCUT2D eigenvalue weighted by Crippen LogP contribution is -2.50. The smallest absolute Gasteiger partial charge is 0.407 e. The molecule has 1 aliphatic carbocycles. The Morgan fingerprint density at radius 3 is 2.26 bits per heavy atom. The highest BCUT2D eigenvalue weighted by atomic mass is 16.5. The second-order valence-corrected chi connectivity index (χ2v) is 8.58. The number of hydrogen-bond acceptors (Lipinski definition) is 6. The SMILES string of the molecule is CN(C(=O)c1conc1CNC(=O)OCC1c2ccccc2-c2ccccc21)C(C)(C)C(=O)O. The molecular weight excluding hydrogens is 438 g/mol. The number of ether oxygens (including phenoxy) is 1. The number of likely N-dealkylation sites (N-methyl/N-ethyl adjacent to an activating group) is 1. The molecule has 4 rings (SSSR count). The van der Waals surface area contributed by atoms with E-state index in [1.165, 1.54) is 20.9 Å². The zero-order valence-corrected chi connectivity index (χ0v) is 19.1. The fraction of sp³-hybridized carbons (Fsp3) is 0.280. The number of fused-ring (bicyclic) bond motifs is 3. The summed E-state index contributed by atoms with van der Waals surface area (Å²) in [6.07, 6.45) is 0.466. The number of nitrogens with zero attached hydrogens (tertiary/aromatic N) is 2. The van der Waals surface area contributed by atoms with Gasteiger partial charge < -0.3 is 24.6 Å². The Kier molecular flexibility index (Phi) is 6.10. The predicted molar refractivity (Wildman–Crippen MR) is 122 cm³/mol. The number of alkyl carbamates (subject to hydrolysis) is 1. The van der Waals surface area contributed by atoms with Crippen LogP contribution >= 0.6 is 0 Å². The van der Waals surface area contributed by atoms with Crippen molar-refractivity contribution >= 4 is 18.0 Å². The van der Waals surface area contributed by atoms with E-state index in [0.717, 1.165) is 33.4 Å². The monoisotopic (exact) mass is 463 g/mol. The maximum Gasteiger partial charge on any atom is 0.407 e. The fourth-order valence-electron chi connectivity index (χ4n) is 3.94. The third-order valence-electron chi connectivity index (χ3n) is 6.29. The highest BCUT2D eigenvalue weighted by molar-refractivity contribution is 5.98. The van der Waals surface area contributed by atoms with Crippen LogP contribution in [0.5, 0.6) is 0 Å². The van der Waals surface area contributed by atoms with Crippen molar-refractivity contribution in [3.05, 3.63) is 77.2 Å². The quantitative estimate of drug-likeness (QED) is 0.548. The third kappa shape index (κ3) is 4.12. The normalized spacial score (nSPS) is 12.6. The molecule has 9 nitrogen and oxygen atoms in total. The zero-order valence-electron chi connectivity index (χ0n) is 19.1. The van der Waals surface area contributed by atoms with Crippen LogP contribution in [0.2, 0.25) is 0 Å². The summed E-state index contributed by atoms with van der Waals surface area (Å²) in [5.74, 6) is -1.81. The minimum Gasteiger partial charge on any atom is -0.480 e. The highest BCUT2D eigenvalue weighted by Gasteiger charge is 2.37. The highest BCUT2D eigenvalue weighted by Crippen LogP contribution is 2.44. The Balaban J connectivity index is 1.39. The van der Waals surface area contributed by atoms with Gasteiger partial charge in [0.2, 0.25) is 0 Å². The number of carbonyl (C=O) groups excluding carboxylic acids is 2. The number of amides is 2. The second-order valence-electron chi connectivity index (χ2n) is 8.58.